The third-order valence-electron chi connectivity index (χ3n) is 3.92. The quantitative estimate of drug-likeness (QED) is 0.867. The van der Waals surface area contributed by atoms with Gasteiger partial charge in [-0.2, -0.15) is 4.31 Å². The minimum atomic E-state index is -3.46. The summed E-state index contributed by atoms with van der Waals surface area (Å²) in [6.45, 7) is 3.30. The van der Waals surface area contributed by atoms with Crippen molar-refractivity contribution in [1.29, 1.82) is 0 Å². The lowest BCUT2D eigenvalue weighted by atomic mass is 10.1. The highest BCUT2D eigenvalue weighted by atomic mass is 32.2. The summed E-state index contributed by atoms with van der Waals surface area (Å²) >= 11 is 0. The minimum Gasteiger partial charge on any atom is -0.324 e. The zero-order chi connectivity index (χ0) is 17.9. The van der Waals surface area contributed by atoms with Crippen LogP contribution in [0, 0.1) is 0 Å². The largest absolute Gasteiger partial charge is 0.324 e. The number of anilines is 2. The second-order valence-electron chi connectivity index (χ2n) is 5.95. The molecule has 1 atom stereocenters. The first-order valence-electron chi connectivity index (χ1n) is 7.91. The van der Waals surface area contributed by atoms with Crippen LogP contribution >= 0.6 is 0 Å². The van der Waals surface area contributed by atoms with Gasteiger partial charge in [0.1, 0.15) is 0 Å². The van der Waals surface area contributed by atoms with Gasteiger partial charge >= 0.3 is 0 Å². The standard InChI is InChI=1S/C16H23N3O4S/c1-4-9-24(22,23)18(3)11-16(21)19-12(2)10-15(20)17-13-7-5-6-8-14(13)19/h5-8,12H,4,9-11H2,1-3H3,(H,17,20). The smallest absolute Gasteiger partial charge is 0.242 e. The Hall–Kier alpha value is -1.93. The molecule has 0 spiro atoms. The highest BCUT2D eigenvalue weighted by Crippen LogP contribution is 2.31. The van der Waals surface area contributed by atoms with Crippen molar-refractivity contribution < 1.29 is 18.0 Å². The zero-order valence-electron chi connectivity index (χ0n) is 14.2. The average Bonchev–Trinajstić information content (AvgIpc) is 2.61. The van der Waals surface area contributed by atoms with Gasteiger partial charge < -0.3 is 10.2 Å². The molecule has 1 N–H and O–H groups in total. The third kappa shape index (κ3) is 3.93. The number of amides is 2. The molecule has 24 heavy (non-hydrogen) atoms. The summed E-state index contributed by atoms with van der Waals surface area (Å²) in [6.07, 6.45) is 0.647. The van der Waals surface area contributed by atoms with E-state index in [1.807, 2.05) is 0 Å². The van der Waals surface area contributed by atoms with Crippen molar-refractivity contribution in [1.82, 2.24) is 4.31 Å². The Morgan fingerprint density at radius 1 is 1.38 bits per heavy atom. The molecule has 0 aromatic heterocycles. The van der Waals surface area contributed by atoms with Crippen molar-refractivity contribution >= 4 is 33.2 Å². The van der Waals surface area contributed by atoms with Crippen LogP contribution in [0.15, 0.2) is 24.3 Å². The molecule has 0 bridgehead atoms. The highest BCUT2D eigenvalue weighted by molar-refractivity contribution is 7.89. The number of para-hydroxylation sites is 2. The van der Waals surface area contributed by atoms with Gasteiger partial charge in [-0.25, -0.2) is 8.42 Å². The molecule has 1 aliphatic heterocycles. The van der Waals surface area contributed by atoms with Crippen LogP contribution in [0.1, 0.15) is 26.7 Å². The van der Waals surface area contributed by atoms with E-state index in [1.165, 1.54) is 11.9 Å². The Morgan fingerprint density at radius 2 is 2.04 bits per heavy atom. The lowest BCUT2D eigenvalue weighted by molar-refractivity contribution is -0.119. The predicted octanol–water partition coefficient (Wildman–Crippen LogP) is 1.42. The van der Waals surface area contributed by atoms with Crippen LogP contribution in [0.2, 0.25) is 0 Å². The van der Waals surface area contributed by atoms with Crippen molar-refractivity contribution in [3.63, 3.8) is 0 Å². The molecule has 2 amide bonds. The minimum absolute atomic E-state index is 0.00294. The number of likely N-dealkylation sites (N-methyl/N-ethyl adjacent to an activating group) is 1. The van der Waals surface area contributed by atoms with E-state index in [0.29, 0.717) is 17.8 Å². The van der Waals surface area contributed by atoms with Crippen LogP contribution in [0.3, 0.4) is 0 Å². The highest BCUT2D eigenvalue weighted by Gasteiger charge is 2.31. The van der Waals surface area contributed by atoms with E-state index in [9.17, 15) is 18.0 Å². The number of hydrogen-bond donors (Lipinski definition) is 1. The fourth-order valence-electron chi connectivity index (χ4n) is 2.75. The second kappa shape index (κ2) is 7.31. The number of carbonyl (C=O) groups excluding carboxylic acids is 2. The van der Waals surface area contributed by atoms with Gasteiger partial charge in [-0.15, -0.1) is 0 Å². The number of benzene rings is 1. The number of sulfonamides is 1. The first kappa shape index (κ1) is 18.4. The van der Waals surface area contributed by atoms with E-state index in [4.69, 9.17) is 0 Å². The van der Waals surface area contributed by atoms with Gasteiger partial charge in [0.05, 0.1) is 23.7 Å². The van der Waals surface area contributed by atoms with E-state index in [-0.39, 0.29) is 36.6 Å². The van der Waals surface area contributed by atoms with Gasteiger partial charge in [0, 0.05) is 19.5 Å². The summed E-state index contributed by atoms with van der Waals surface area (Å²) in [5.41, 5.74) is 1.14. The maximum Gasteiger partial charge on any atom is 0.242 e. The molecule has 0 saturated heterocycles. The maximum atomic E-state index is 12.8. The maximum absolute atomic E-state index is 12.8. The molecule has 1 unspecified atom stereocenters. The van der Waals surface area contributed by atoms with Crippen molar-refractivity contribution in [2.75, 3.05) is 29.6 Å². The summed E-state index contributed by atoms with van der Waals surface area (Å²) in [7, 11) is -2.05. The molecule has 7 nitrogen and oxygen atoms in total. The van der Waals surface area contributed by atoms with E-state index in [2.05, 4.69) is 5.32 Å². The van der Waals surface area contributed by atoms with Gasteiger partial charge in [0.2, 0.25) is 21.8 Å². The molecule has 2 rings (SSSR count). The summed E-state index contributed by atoms with van der Waals surface area (Å²) in [6, 6.07) is 6.67. The van der Waals surface area contributed by atoms with Gasteiger partial charge in [0.25, 0.3) is 0 Å². The number of hydrogen-bond acceptors (Lipinski definition) is 4. The van der Waals surface area contributed by atoms with Gasteiger partial charge in [0.15, 0.2) is 0 Å². The summed E-state index contributed by atoms with van der Waals surface area (Å²) in [5, 5.41) is 2.78. The number of nitrogens with one attached hydrogen (secondary N) is 1. The average molecular weight is 353 g/mol. The molecule has 8 heteroatoms. The molecule has 1 aliphatic rings. The van der Waals surface area contributed by atoms with E-state index in [1.54, 1.807) is 38.1 Å². The number of fused-ring (bicyclic) bond motifs is 1. The third-order valence-corrected chi connectivity index (χ3v) is 5.93. The van der Waals surface area contributed by atoms with Crippen molar-refractivity contribution in [2.45, 2.75) is 32.7 Å². The van der Waals surface area contributed by atoms with Crippen molar-refractivity contribution in [3.05, 3.63) is 24.3 Å². The lowest BCUT2D eigenvalue weighted by Crippen LogP contribution is -2.45. The normalized spacial score (nSPS) is 18.1. The Labute approximate surface area is 142 Å². The molecule has 1 aromatic carbocycles. The fraction of sp³-hybridized carbons (Fsp3) is 0.500. The Kier molecular flexibility index (Phi) is 5.61. The van der Waals surface area contributed by atoms with Crippen LogP contribution in [0.4, 0.5) is 11.4 Å². The van der Waals surface area contributed by atoms with E-state index in [0.717, 1.165) is 4.31 Å². The van der Waals surface area contributed by atoms with Crippen LogP contribution in [0.25, 0.3) is 0 Å². The summed E-state index contributed by atoms with van der Waals surface area (Å²) in [4.78, 5) is 26.2. The number of rotatable bonds is 5. The van der Waals surface area contributed by atoms with Gasteiger partial charge in [-0.1, -0.05) is 19.1 Å². The number of nitrogens with zero attached hydrogens (tertiary/aromatic N) is 2. The molecular formula is C16H23N3O4S. The molecular weight excluding hydrogens is 330 g/mol. The SMILES string of the molecule is CCCS(=O)(=O)N(C)CC(=O)N1c2ccccc2NC(=O)CC1C. The topological polar surface area (TPSA) is 86.8 Å². The molecule has 0 saturated carbocycles. The molecule has 1 heterocycles. The van der Waals surface area contributed by atoms with Crippen LogP contribution < -0.4 is 10.2 Å². The van der Waals surface area contributed by atoms with Gasteiger partial charge in [-0.05, 0) is 25.5 Å². The zero-order valence-corrected chi connectivity index (χ0v) is 15.0. The fourth-order valence-corrected chi connectivity index (χ4v) is 3.88. The van der Waals surface area contributed by atoms with Crippen molar-refractivity contribution in [2.24, 2.45) is 0 Å². The monoisotopic (exact) mass is 353 g/mol. The van der Waals surface area contributed by atoms with Crippen LogP contribution in [-0.2, 0) is 19.6 Å². The Morgan fingerprint density at radius 3 is 2.71 bits per heavy atom. The Balaban J connectivity index is 2.29. The van der Waals surface area contributed by atoms with Gasteiger partial charge in [-0.3, -0.25) is 9.59 Å². The molecule has 132 valence electrons. The van der Waals surface area contributed by atoms with E-state index >= 15 is 0 Å². The first-order valence-corrected chi connectivity index (χ1v) is 9.52. The molecule has 0 aliphatic carbocycles. The summed E-state index contributed by atoms with van der Waals surface area (Å²) in [5.74, 6) is -0.519. The van der Waals surface area contributed by atoms with E-state index < -0.39 is 10.0 Å². The molecule has 1 aromatic rings. The summed E-state index contributed by atoms with van der Waals surface area (Å²) < 4.78 is 25.2. The predicted molar refractivity (Wildman–Crippen MR) is 93.3 cm³/mol. The molecule has 0 radical (unpaired) electrons. The number of carbonyl (C=O) groups is 2. The second-order valence-corrected chi connectivity index (χ2v) is 8.15. The first-order chi connectivity index (χ1) is 11.3. The lowest BCUT2D eigenvalue weighted by Gasteiger charge is -2.29. The van der Waals surface area contributed by atoms with Crippen molar-refractivity contribution in [3.8, 4) is 0 Å². The van der Waals surface area contributed by atoms with Crippen LogP contribution in [-0.4, -0.2) is 49.9 Å². The molecule has 0 fully saturated rings. The van der Waals surface area contributed by atoms with Crippen LogP contribution in [0.5, 0.6) is 0 Å². The Bertz CT molecular complexity index is 733.